The normalized spacial score (nSPS) is 16.5. The van der Waals surface area contributed by atoms with E-state index in [1.54, 1.807) is 0 Å². The Hall–Kier alpha value is -1.36. The molecule has 0 aliphatic carbocycles. The summed E-state index contributed by atoms with van der Waals surface area (Å²) in [6.07, 6.45) is -0.327. The molecule has 0 aromatic rings. The van der Waals surface area contributed by atoms with Crippen LogP contribution in [0.2, 0.25) is 0 Å². The van der Waals surface area contributed by atoms with Gasteiger partial charge in [-0.1, -0.05) is 18.2 Å². The van der Waals surface area contributed by atoms with Crippen LogP contribution >= 0.6 is 11.6 Å². The van der Waals surface area contributed by atoms with Crippen molar-refractivity contribution in [2.75, 3.05) is 6.54 Å². The molecule has 1 rings (SSSR count). The molecule has 0 aromatic heterocycles. The summed E-state index contributed by atoms with van der Waals surface area (Å²) in [5, 5.41) is 8.73. The fourth-order valence-corrected chi connectivity index (χ4v) is 1.29. The Morgan fingerprint density at radius 1 is 1.67 bits per heavy atom. The van der Waals surface area contributed by atoms with E-state index in [1.807, 2.05) is 0 Å². The van der Waals surface area contributed by atoms with Gasteiger partial charge in [-0.3, -0.25) is 0 Å². The predicted molar refractivity (Wildman–Crippen MR) is 51.5 cm³/mol. The average Bonchev–Trinajstić information content (AvgIpc) is 2.11. The predicted octanol–water partition coefficient (Wildman–Crippen LogP) is 2.17. The molecule has 0 amide bonds. The van der Waals surface area contributed by atoms with Gasteiger partial charge in [0.05, 0.1) is 22.8 Å². The number of carboxylic acid groups (broad SMARTS) is 1. The molecular formula is C9H8ClF2NO2. The van der Waals surface area contributed by atoms with Crippen molar-refractivity contribution in [2.45, 2.75) is 6.43 Å². The number of alkyl halides is 2. The standard InChI is InChI=1S/C9H8ClF2NO2/c1-5-7(10)2-6(9(14)15)3-13(5)4-8(11)12/h2-3,8H,1,4H2,(H,14,15). The van der Waals surface area contributed by atoms with Gasteiger partial charge in [-0.2, -0.15) is 0 Å². The molecule has 0 unspecified atom stereocenters. The van der Waals surface area contributed by atoms with Crippen LogP contribution in [0.25, 0.3) is 0 Å². The van der Waals surface area contributed by atoms with E-state index in [-0.39, 0.29) is 16.3 Å². The van der Waals surface area contributed by atoms with E-state index in [0.29, 0.717) is 0 Å². The van der Waals surface area contributed by atoms with Crippen molar-refractivity contribution in [3.63, 3.8) is 0 Å². The molecule has 3 nitrogen and oxygen atoms in total. The lowest BCUT2D eigenvalue weighted by atomic mass is 10.2. The Morgan fingerprint density at radius 2 is 2.27 bits per heavy atom. The fourth-order valence-electron chi connectivity index (χ4n) is 1.07. The van der Waals surface area contributed by atoms with E-state index < -0.39 is 18.9 Å². The van der Waals surface area contributed by atoms with E-state index >= 15 is 0 Å². The summed E-state index contributed by atoms with van der Waals surface area (Å²) in [6, 6.07) is 0. The molecule has 1 heterocycles. The molecule has 0 saturated carbocycles. The van der Waals surface area contributed by atoms with Crippen LogP contribution in [-0.2, 0) is 4.79 Å². The van der Waals surface area contributed by atoms with E-state index in [0.717, 1.165) is 11.1 Å². The highest BCUT2D eigenvalue weighted by molar-refractivity contribution is 6.32. The molecule has 82 valence electrons. The molecule has 0 aromatic carbocycles. The van der Waals surface area contributed by atoms with Crippen LogP contribution in [-0.4, -0.2) is 28.9 Å². The van der Waals surface area contributed by atoms with Gasteiger partial charge in [0.1, 0.15) is 0 Å². The lowest BCUT2D eigenvalue weighted by Gasteiger charge is -2.25. The Bertz CT molecular complexity index is 363. The van der Waals surface area contributed by atoms with Crippen LogP contribution in [0, 0.1) is 0 Å². The number of nitrogens with zero attached hydrogens (tertiary/aromatic N) is 1. The molecule has 0 saturated heterocycles. The lowest BCUT2D eigenvalue weighted by Crippen LogP contribution is -2.26. The van der Waals surface area contributed by atoms with Crippen molar-refractivity contribution in [3.05, 3.63) is 35.2 Å². The summed E-state index contributed by atoms with van der Waals surface area (Å²) >= 11 is 5.65. The zero-order valence-electron chi connectivity index (χ0n) is 7.58. The molecule has 1 N–H and O–H groups in total. The van der Waals surface area contributed by atoms with Gasteiger partial charge in [-0.25, -0.2) is 13.6 Å². The second-order valence-electron chi connectivity index (χ2n) is 2.87. The van der Waals surface area contributed by atoms with Gasteiger partial charge >= 0.3 is 5.97 Å². The number of carboxylic acids is 1. The lowest BCUT2D eigenvalue weighted by molar-refractivity contribution is -0.132. The van der Waals surface area contributed by atoms with Crippen LogP contribution in [0.5, 0.6) is 0 Å². The number of halogens is 3. The topological polar surface area (TPSA) is 40.5 Å². The van der Waals surface area contributed by atoms with Crippen LogP contribution in [0.4, 0.5) is 8.78 Å². The molecule has 0 spiro atoms. The van der Waals surface area contributed by atoms with Gasteiger partial charge in [0.25, 0.3) is 6.43 Å². The first-order chi connectivity index (χ1) is 6.91. The van der Waals surface area contributed by atoms with Crippen molar-refractivity contribution < 1.29 is 18.7 Å². The van der Waals surface area contributed by atoms with Crippen molar-refractivity contribution >= 4 is 17.6 Å². The van der Waals surface area contributed by atoms with Crippen LogP contribution in [0.3, 0.4) is 0 Å². The smallest absolute Gasteiger partial charge is 0.337 e. The Kier molecular flexibility index (Phi) is 3.47. The molecule has 0 radical (unpaired) electrons. The number of hydrogen-bond donors (Lipinski definition) is 1. The minimum absolute atomic E-state index is 0.0514. The van der Waals surface area contributed by atoms with Crippen LogP contribution in [0.1, 0.15) is 0 Å². The number of carbonyl (C=O) groups is 1. The Morgan fingerprint density at radius 3 is 2.73 bits per heavy atom. The third-order valence-electron chi connectivity index (χ3n) is 1.78. The highest BCUT2D eigenvalue weighted by Gasteiger charge is 2.21. The van der Waals surface area contributed by atoms with E-state index in [9.17, 15) is 13.6 Å². The summed E-state index contributed by atoms with van der Waals surface area (Å²) in [5.41, 5.74) is 0.0232. The molecule has 0 atom stereocenters. The molecule has 1 aliphatic heterocycles. The van der Waals surface area contributed by atoms with Gasteiger partial charge < -0.3 is 10.0 Å². The zero-order valence-corrected chi connectivity index (χ0v) is 8.34. The molecule has 6 heteroatoms. The van der Waals surface area contributed by atoms with Gasteiger partial charge in [0.15, 0.2) is 0 Å². The van der Waals surface area contributed by atoms with Crippen molar-refractivity contribution in [3.8, 4) is 0 Å². The van der Waals surface area contributed by atoms with E-state index in [2.05, 4.69) is 6.58 Å². The first-order valence-electron chi connectivity index (χ1n) is 3.98. The largest absolute Gasteiger partial charge is 0.478 e. The molecule has 1 aliphatic rings. The van der Waals surface area contributed by atoms with E-state index in [4.69, 9.17) is 16.7 Å². The SMILES string of the molecule is C=C1C(Cl)=CC(C(=O)O)=CN1CC(F)F. The molecule has 0 fully saturated rings. The Labute approximate surface area is 89.9 Å². The van der Waals surface area contributed by atoms with Gasteiger partial charge in [-0.05, 0) is 6.08 Å². The summed E-state index contributed by atoms with van der Waals surface area (Å²) in [4.78, 5) is 11.6. The number of hydrogen-bond acceptors (Lipinski definition) is 2. The first kappa shape index (κ1) is 11.7. The second kappa shape index (κ2) is 4.44. The average molecular weight is 236 g/mol. The number of allylic oxidation sites excluding steroid dienone is 1. The third kappa shape index (κ3) is 2.79. The monoisotopic (exact) mass is 235 g/mol. The summed E-state index contributed by atoms with van der Waals surface area (Å²) in [6.45, 7) is 2.85. The van der Waals surface area contributed by atoms with Crippen LogP contribution in [0.15, 0.2) is 35.2 Å². The molecular weight excluding hydrogens is 228 g/mol. The van der Waals surface area contributed by atoms with Crippen molar-refractivity contribution in [1.29, 1.82) is 0 Å². The number of aliphatic carboxylic acids is 1. The summed E-state index contributed by atoms with van der Waals surface area (Å²) in [5.74, 6) is -1.22. The quantitative estimate of drug-likeness (QED) is 0.815. The minimum Gasteiger partial charge on any atom is -0.478 e. The van der Waals surface area contributed by atoms with Gasteiger partial charge in [-0.15, -0.1) is 0 Å². The summed E-state index contributed by atoms with van der Waals surface area (Å²) < 4.78 is 24.3. The third-order valence-corrected chi connectivity index (χ3v) is 2.11. The van der Waals surface area contributed by atoms with Gasteiger partial charge in [0, 0.05) is 6.20 Å². The maximum Gasteiger partial charge on any atom is 0.337 e. The molecule has 0 bridgehead atoms. The molecule has 15 heavy (non-hydrogen) atoms. The maximum atomic E-state index is 12.1. The zero-order chi connectivity index (χ0) is 11.6. The fraction of sp³-hybridized carbons (Fsp3) is 0.222. The maximum absolute atomic E-state index is 12.1. The highest BCUT2D eigenvalue weighted by atomic mass is 35.5. The summed E-state index contributed by atoms with van der Waals surface area (Å²) in [7, 11) is 0. The Balaban J connectivity index is 2.94. The minimum atomic E-state index is -2.59. The van der Waals surface area contributed by atoms with Crippen LogP contribution < -0.4 is 0 Å². The van der Waals surface area contributed by atoms with E-state index in [1.165, 1.54) is 6.08 Å². The first-order valence-corrected chi connectivity index (χ1v) is 4.36. The highest BCUT2D eigenvalue weighted by Crippen LogP contribution is 2.26. The van der Waals surface area contributed by atoms with Gasteiger partial charge in [0.2, 0.25) is 0 Å². The second-order valence-corrected chi connectivity index (χ2v) is 3.28. The van der Waals surface area contributed by atoms with Crippen molar-refractivity contribution in [2.24, 2.45) is 0 Å². The number of rotatable bonds is 3. The van der Waals surface area contributed by atoms with Crippen molar-refractivity contribution in [1.82, 2.24) is 4.90 Å².